The van der Waals surface area contributed by atoms with Crippen molar-refractivity contribution in [3.8, 4) is 0 Å². The van der Waals surface area contributed by atoms with E-state index in [1.165, 1.54) is 0 Å². The van der Waals surface area contributed by atoms with Gasteiger partial charge < -0.3 is 0 Å². The number of aromatic nitrogens is 2. The van der Waals surface area contributed by atoms with Crippen LogP contribution in [0.1, 0.15) is 24.8 Å². The molecule has 1 unspecified atom stereocenters. The molecule has 0 saturated carbocycles. The summed E-state index contributed by atoms with van der Waals surface area (Å²) < 4.78 is 1.03. The molecule has 0 fully saturated rings. The summed E-state index contributed by atoms with van der Waals surface area (Å²) in [6, 6.07) is 9.69. The van der Waals surface area contributed by atoms with E-state index in [0.29, 0.717) is 12.4 Å². The molecule has 0 aliphatic rings. The van der Waals surface area contributed by atoms with Gasteiger partial charge in [0.15, 0.2) is 0 Å². The van der Waals surface area contributed by atoms with Crippen molar-refractivity contribution in [2.75, 3.05) is 5.32 Å². The molecule has 5 heteroatoms. The molecule has 1 atom stereocenters. The summed E-state index contributed by atoms with van der Waals surface area (Å²) in [5.41, 5.74) is 1.13. The van der Waals surface area contributed by atoms with Gasteiger partial charge in [0, 0.05) is 23.3 Å². The van der Waals surface area contributed by atoms with Gasteiger partial charge in [0.25, 0.3) is 0 Å². The Morgan fingerprint density at radius 3 is 2.53 bits per heavy atom. The number of carbonyl (C=O) groups excluding carboxylic acids is 1. The lowest BCUT2D eigenvalue weighted by Crippen LogP contribution is -2.16. The van der Waals surface area contributed by atoms with Crippen molar-refractivity contribution in [2.24, 2.45) is 0 Å². The normalized spacial score (nSPS) is 11.9. The molecule has 0 saturated heterocycles. The second-order valence-corrected chi connectivity index (χ2v) is 5.19. The van der Waals surface area contributed by atoms with Crippen molar-refractivity contribution in [3.05, 3.63) is 52.8 Å². The van der Waals surface area contributed by atoms with Gasteiger partial charge in [0.2, 0.25) is 11.9 Å². The number of carbonyl (C=O) groups is 1. The lowest BCUT2D eigenvalue weighted by molar-refractivity contribution is -0.116. The minimum Gasteiger partial charge on any atom is -0.295 e. The van der Waals surface area contributed by atoms with Crippen molar-refractivity contribution >= 4 is 27.8 Å². The first-order valence-corrected chi connectivity index (χ1v) is 6.77. The number of halogens is 1. The predicted octanol–water partition coefficient (Wildman–Crippen LogP) is 3.37. The summed E-state index contributed by atoms with van der Waals surface area (Å²) >= 11 is 3.39. The fraction of sp³-hybridized carbons (Fsp3) is 0.214. The van der Waals surface area contributed by atoms with E-state index in [0.717, 1.165) is 10.0 Å². The molecule has 1 N–H and O–H groups in total. The van der Waals surface area contributed by atoms with E-state index in [4.69, 9.17) is 0 Å². The third-order valence-corrected chi connectivity index (χ3v) is 3.28. The molecule has 0 spiro atoms. The van der Waals surface area contributed by atoms with Gasteiger partial charge in [-0.1, -0.05) is 35.0 Å². The molecule has 4 nitrogen and oxygen atoms in total. The summed E-state index contributed by atoms with van der Waals surface area (Å²) in [5, 5.41) is 2.68. The molecular formula is C14H14BrN3O. The highest BCUT2D eigenvalue weighted by Crippen LogP contribution is 2.21. The van der Waals surface area contributed by atoms with Gasteiger partial charge in [-0.15, -0.1) is 0 Å². The highest BCUT2D eigenvalue weighted by molar-refractivity contribution is 9.10. The molecule has 1 aromatic heterocycles. The second kappa shape index (κ2) is 6.43. The number of anilines is 1. The number of benzene rings is 1. The number of hydrogen-bond donors (Lipinski definition) is 1. The highest BCUT2D eigenvalue weighted by atomic mass is 79.9. The van der Waals surface area contributed by atoms with E-state index < -0.39 is 0 Å². The Labute approximate surface area is 120 Å². The van der Waals surface area contributed by atoms with Crippen LogP contribution in [-0.2, 0) is 4.79 Å². The van der Waals surface area contributed by atoms with Gasteiger partial charge in [0.05, 0.1) is 0 Å². The minimum atomic E-state index is -0.0818. The van der Waals surface area contributed by atoms with Crippen molar-refractivity contribution in [2.45, 2.75) is 19.3 Å². The van der Waals surface area contributed by atoms with Crippen molar-refractivity contribution < 1.29 is 4.79 Å². The molecule has 0 aliphatic carbocycles. The van der Waals surface area contributed by atoms with Crippen LogP contribution in [0.5, 0.6) is 0 Å². The average molecular weight is 320 g/mol. The summed E-state index contributed by atoms with van der Waals surface area (Å²) in [6.45, 7) is 2.02. The first-order chi connectivity index (χ1) is 9.15. The Hall–Kier alpha value is -1.75. The molecule has 19 heavy (non-hydrogen) atoms. The molecular weight excluding hydrogens is 306 g/mol. The molecule has 1 aromatic carbocycles. The zero-order valence-electron chi connectivity index (χ0n) is 10.5. The maximum absolute atomic E-state index is 11.9. The van der Waals surface area contributed by atoms with Gasteiger partial charge in [-0.2, -0.15) is 0 Å². The number of nitrogens with zero attached hydrogens (tertiary/aromatic N) is 2. The summed E-state index contributed by atoms with van der Waals surface area (Å²) in [6.07, 6.45) is 3.60. The lowest BCUT2D eigenvalue weighted by Gasteiger charge is -2.11. The zero-order chi connectivity index (χ0) is 13.7. The quantitative estimate of drug-likeness (QED) is 0.940. The molecule has 0 radical (unpaired) electrons. The van der Waals surface area contributed by atoms with Crippen LogP contribution in [0.3, 0.4) is 0 Å². The number of nitrogens with one attached hydrogen (secondary N) is 1. The van der Waals surface area contributed by atoms with Crippen molar-refractivity contribution in [1.82, 2.24) is 9.97 Å². The lowest BCUT2D eigenvalue weighted by atomic mass is 9.98. The van der Waals surface area contributed by atoms with Gasteiger partial charge in [-0.25, -0.2) is 9.97 Å². The first kappa shape index (κ1) is 13.7. The standard InChI is InChI=1S/C14H14BrN3O/c1-10(11-3-5-12(15)6-4-11)9-13(19)18-14-16-7-2-8-17-14/h2-8,10H,9H2,1H3,(H,16,17,18,19). The first-order valence-electron chi connectivity index (χ1n) is 5.97. The van der Waals surface area contributed by atoms with E-state index in [-0.39, 0.29) is 11.8 Å². The molecule has 1 amide bonds. The van der Waals surface area contributed by atoms with Crippen LogP contribution in [0.25, 0.3) is 0 Å². The molecule has 2 aromatic rings. The molecule has 1 heterocycles. The van der Waals surface area contributed by atoms with Crippen LogP contribution in [0.15, 0.2) is 47.2 Å². The largest absolute Gasteiger partial charge is 0.295 e. The van der Waals surface area contributed by atoms with E-state index in [1.54, 1.807) is 18.5 Å². The Bertz CT molecular complexity index is 542. The van der Waals surface area contributed by atoms with Crippen molar-refractivity contribution in [1.29, 1.82) is 0 Å². The van der Waals surface area contributed by atoms with Crippen molar-refractivity contribution in [3.63, 3.8) is 0 Å². The molecule has 0 bridgehead atoms. The number of amides is 1. The van der Waals surface area contributed by atoms with E-state index in [2.05, 4.69) is 31.2 Å². The second-order valence-electron chi connectivity index (χ2n) is 4.28. The smallest absolute Gasteiger partial charge is 0.229 e. The van der Waals surface area contributed by atoms with Crippen LogP contribution < -0.4 is 5.32 Å². The third kappa shape index (κ3) is 4.13. The SMILES string of the molecule is CC(CC(=O)Nc1ncccn1)c1ccc(Br)cc1. The Balaban J connectivity index is 1.93. The molecule has 2 rings (SSSR count). The third-order valence-electron chi connectivity index (χ3n) is 2.75. The summed E-state index contributed by atoms with van der Waals surface area (Å²) in [7, 11) is 0. The molecule has 0 aliphatic heterocycles. The van der Waals surface area contributed by atoms with E-state index in [9.17, 15) is 4.79 Å². The van der Waals surface area contributed by atoms with Crippen LogP contribution in [0, 0.1) is 0 Å². The van der Waals surface area contributed by atoms with Gasteiger partial charge in [-0.3, -0.25) is 10.1 Å². The fourth-order valence-corrected chi connectivity index (χ4v) is 1.99. The maximum Gasteiger partial charge on any atom is 0.229 e. The van der Waals surface area contributed by atoms with Gasteiger partial charge >= 0.3 is 0 Å². The monoisotopic (exact) mass is 319 g/mol. The predicted molar refractivity (Wildman–Crippen MR) is 77.8 cm³/mol. The van der Waals surface area contributed by atoms with Crippen LogP contribution in [0.4, 0.5) is 5.95 Å². The van der Waals surface area contributed by atoms with Gasteiger partial charge in [-0.05, 0) is 29.7 Å². The number of rotatable bonds is 4. The Kier molecular flexibility index (Phi) is 4.63. The molecule has 98 valence electrons. The topological polar surface area (TPSA) is 54.9 Å². The van der Waals surface area contributed by atoms with E-state index in [1.807, 2.05) is 31.2 Å². The Morgan fingerprint density at radius 2 is 1.89 bits per heavy atom. The van der Waals surface area contributed by atoms with Gasteiger partial charge in [0.1, 0.15) is 0 Å². The maximum atomic E-state index is 11.9. The average Bonchev–Trinajstić information content (AvgIpc) is 2.40. The van der Waals surface area contributed by atoms with Crippen LogP contribution in [-0.4, -0.2) is 15.9 Å². The zero-order valence-corrected chi connectivity index (χ0v) is 12.1. The number of hydrogen-bond acceptors (Lipinski definition) is 3. The Morgan fingerprint density at radius 1 is 1.26 bits per heavy atom. The van der Waals surface area contributed by atoms with E-state index >= 15 is 0 Å². The summed E-state index contributed by atoms with van der Waals surface area (Å²) in [4.78, 5) is 19.8. The fourth-order valence-electron chi connectivity index (χ4n) is 1.73. The highest BCUT2D eigenvalue weighted by Gasteiger charge is 2.12. The minimum absolute atomic E-state index is 0.0818. The van der Waals surface area contributed by atoms with Crippen LogP contribution in [0.2, 0.25) is 0 Å². The van der Waals surface area contributed by atoms with Crippen LogP contribution >= 0.6 is 15.9 Å². The summed E-state index contributed by atoms with van der Waals surface area (Å²) in [5.74, 6) is 0.411.